The molecule has 8 heteroatoms. The number of nitrogens with one attached hydrogen (secondary N) is 3. The van der Waals surface area contributed by atoms with Crippen molar-refractivity contribution in [1.29, 1.82) is 0 Å². The zero-order chi connectivity index (χ0) is 19.9. The third-order valence-electron chi connectivity index (χ3n) is 3.67. The van der Waals surface area contributed by atoms with Gasteiger partial charge in [0.25, 0.3) is 5.91 Å². The molecule has 1 rings (SSSR count). The molecule has 1 aromatic carbocycles. The minimum Gasteiger partial charge on any atom is -0.354 e. The van der Waals surface area contributed by atoms with Gasteiger partial charge in [-0.05, 0) is 18.1 Å². The van der Waals surface area contributed by atoms with E-state index in [0.29, 0.717) is 0 Å². The van der Waals surface area contributed by atoms with Crippen molar-refractivity contribution in [1.82, 2.24) is 16.0 Å². The standard InChI is InChI=1S/C18H25F2N3O3/c1-10(2)15(18(26)22-9-8-21-16(24)11(3)4)23-17(25)14-12(19)6-5-7-13(14)20/h5-7,10-11,15H,8-9H2,1-4H3,(H,21,24)(H,22,26)(H,23,25). The Balaban J connectivity index is 2.66. The predicted octanol–water partition coefficient (Wildman–Crippen LogP) is 1.61. The second kappa shape index (κ2) is 9.84. The molecule has 26 heavy (non-hydrogen) atoms. The van der Waals surface area contributed by atoms with Gasteiger partial charge in [0.15, 0.2) is 0 Å². The minimum atomic E-state index is -0.998. The lowest BCUT2D eigenvalue weighted by atomic mass is 10.0. The van der Waals surface area contributed by atoms with Gasteiger partial charge in [0.1, 0.15) is 23.2 Å². The maximum absolute atomic E-state index is 13.7. The summed E-state index contributed by atoms with van der Waals surface area (Å²) in [5, 5.41) is 7.60. The van der Waals surface area contributed by atoms with E-state index in [1.807, 2.05) is 0 Å². The van der Waals surface area contributed by atoms with Crippen LogP contribution in [0.3, 0.4) is 0 Å². The summed E-state index contributed by atoms with van der Waals surface area (Å²) in [6, 6.07) is 2.13. The number of rotatable bonds is 8. The van der Waals surface area contributed by atoms with Crippen molar-refractivity contribution in [3.8, 4) is 0 Å². The van der Waals surface area contributed by atoms with E-state index in [0.717, 1.165) is 18.2 Å². The Labute approximate surface area is 151 Å². The fourth-order valence-corrected chi connectivity index (χ4v) is 2.15. The van der Waals surface area contributed by atoms with E-state index < -0.39 is 35.1 Å². The molecule has 0 aliphatic carbocycles. The molecule has 0 spiro atoms. The number of halogens is 2. The van der Waals surface area contributed by atoms with Crippen LogP contribution in [-0.2, 0) is 9.59 Å². The lowest BCUT2D eigenvalue weighted by Gasteiger charge is -2.22. The number of hydrogen-bond donors (Lipinski definition) is 3. The number of benzene rings is 1. The van der Waals surface area contributed by atoms with Crippen LogP contribution in [0.2, 0.25) is 0 Å². The topological polar surface area (TPSA) is 87.3 Å². The summed E-state index contributed by atoms with van der Waals surface area (Å²) in [5.41, 5.74) is -0.727. The van der Waals surface area contributed by atoms with E-state index in [1.54, 1.807) is 27.7 Å². The average Bonchev–Trinajstić information content (AvgIpc) is 2.55. The van der Waals surface area contributed by atoms with Crippen molar-refractivity contribution in [3.05, 3.63) is 35.4 Å². The fourth-order valence-electron chi connectivity index (χ4n) is 2.15. The Bertz CT molecular complexity index is 643. The summed E-state index contributed by atoms with van der Waals surface area (Å²) in [6.07, 6.45) is 0. The molecule has 0 aliphatic rings. The molecule has 1 aromatic rings. The highest BCUT2D eigenvalue weighted by Gasteiger charge is 2.27. The molecule has 0 bridgehead atoms. The zero-order valence-corrected chi connectivity index (χ0v) is 15.4. The van der Waals surface area contributed by atoms with Crippen LogP contribution in [0.25, 0.3) is 0 Å². The first kappa shape index (κ1) is 21.5. The Kier molecular flexibility index (Phi) is 8.15. The van der Waals surface area contributed by atoms with Gasteiger partial charge in [0.05, 0.1) is 0 Å². The van der Waals surface area contributed by atoms with Crippen LogP contribution in [0.1, 0.15) is 38.1 Å². The summed E-state index contributed by atoms with van der Waals surface area (Å²) < 4.78 is 27.4. The van der Waals surface area contributed by atoms with Gasteiger partial charge >= 0.3 is 0 Å². The maximum atomic E-state index is 13.7. The molecule has 0 saturated carbocycles. The van der Waals surface area contributed by atoms with Gasteiger partial charge in [-0.25, -0.2) is 8.78 Å². The molecule has 6 nitrogen and oxygen atoms in total. The highest BCUT2D eigenvalue weighted by atomic mass is 19.1. The molecule has 0 radical (unpaired) electrons. The van der Waals surface area contributed by atoms with Crippen molar-refractivity contribution in [2.75, 3.05) is 13.1 Å². The quantitative estimate of drug-likeness (QED) is 0.609. The van der Waals surface area contributed by atoms with Crippen molar-refractivity contribution >= 4 is 17.7 Å². The van der Waals surface area contributed by atoms with Gasteiger partial charge in [0, 0.05) is 19.0 Å². The first-order valence-corrected chi connectivity index (χ1v) is 8.45. The second-order valence-electron chi connectivity index (χ2n) is 6.53. The Hall–Kier alpha value is -2.51. The SMILES string of the molecule is CC(C)C(=O)NCCNC(=O)C(NC(=O)c1c(F)cccc1F)C(C)C. The molecular formula is C18H25F2N3O3. The van der Waals surface area contributed by atoms with Crippen LogP contribution >= 0.6 is 0 Å². The largest absolute Gasteiger partial charge is 0.354 e. The molecule has 3 N–H and O–H groups in total. The molecule has 144 valence electrons. The first-order valence-electron chi connectivity index (χ1n) is 8.45. The van der Waals surface area contributed by atoms with Gasteiger partial charge in [0.2, 0.25) is 11.8 Å². The van der Waals surface area contributed by atoms with Crippen LogP contribution in [0.15, 0.2) is 18.2 Å². The molecule has 0 aliphatic heterocycles. The van der Waals surface area contributed by atoms with E-state index in [4.69, 9.17) is 0 Å². The van der Waals surface area contributed by atoms with E-state index in [9.17, 15) is 23.2 Å². The van der Waals surface area contributed by atoms with Gasteiger partial charge in [-0.15, -0.1) is 0 Å². The van der Waals surface area contributed by atoms with E-state index >= 15 is 0 Å². The second-order valence-corrected chi connectivity index (χ2v) is 6.53. The number of carbonyl (C=O) groups is 3. The van der Waals surface area contributed by atoms with Crippen molar-refractivity contribution < 1.29 is 23.2 Å². The Morgan fingerprint density at radius 3 is 1.88 bits per heavy atom. The number of hydrogen-bond acceptors (Lipinski definition) is 3. The number of carbonyl (C=O) groups excluding carboxylic acids is 3. The van der Waals surface area contributed by atoms with E-state index in [-0.39, 0.29) is 30.8 Å². The molecule has 0 heterocycles. The Morgan fingerprint density at radius 2 is 1.42 bits per heavy atom. The zero-order valence-electron chi connectivity index (χ0n) is 15.4. The van der Waals surface area contributed by atoms with Crippen LogP contribution in [0, 0.1) is 23.5 Å². The fraction of sp³-hybridized carbons (Fsp3) is 0.500. The van der Waals surface area contributed by atoms with E-state index in [2.05, 4.69) is 16.0 Å². The third-order valence-corrected chi connectivity index (χ3v) is 3.67. The molecule has 0 saturated heterocycles. The van der Waals surface area contributed by atoms with Gasteiger partial charge in [-0.2, -0.15) is 0 Å². The maximum Gasteiger partial charge on any atom is 0.257 e. The summed E-state index contributed by atoms with van der Waals surface area (Å²) in [7, 11) is 0. The van der Waals surface area contributed by atoms with Crippen LogP contribution in [-0.4, -0.2) is 36.9 Å². The van der Waals surface area contributed by atoms with Crippen LogP contribution in [0.4, 0.5) is 8.78 Å². The monoisotopic (exact) mass is 369 g/mol. The lowest BCUT2D eigenvalue weighted by Crippen LogP contribution is -2.51. The molecule has 0 fully saturated rings. The highest BCUT2D eigenvalue weighted by molar-refractivity contribution is 5.98. The molecule has 0 aromatic heterocycles. The van der Waals surface area contributed by atoms with Crippen molar-refractivity contribution in [2.24, 2.45) is 11.8 Å². The van der Waals surface area contributed by atoms with Gasteiger partial charge in [-0.1, -0.05) is 33.8 Å². The summed E-state index contributed by atoms with van der Waals surface area (Å²) >= 11 is 0. The van der Waals surface area contributed by atoms with Gasteiger partial charge < -0.3 is 16.0 Å². The molecule has 1 unspecified atom stereocenters. The van der Waals surface area contributed by atoms with Crippen LogP contribution in [0.5, 0.6) is 0 Å². The predicted molar refractivity (Wildman–Crippen MR) is 93.3 cm³/mol. The minimum absolute atomic E-state index is 0.136. The number of amides is 3. The smallest absolute Gasteiger partial charge is 0.257 e. The molecular weight excluding hydrogens is 344 g/mol. The normalized spacial score (nSPS) is 12.0. The van der Waals surface area contributed by atoms with Crippen molar-refractivity contribution in [3.63, 3.8) is 0 Å². The van der Waals surface area contributed by atoms with Crippen molar-refractivity contribution in [2.45, 2.75) is 33.7 Å². The lowest BCUT2D eigenvalue weighted by molar-refractivity contribution is -0.125. The van der Waals surface area contributed by atoms with Gasteiger partial charge in [-0.3, -0.25) is 14.4 Å². The summed E-state index contributed by atoms with van der Waals surface area (Å²) in [6.45, 7) is 7.31. The average molecular weight is 369 g/mol. The molecule has 1 atom stereocenters. The third kappa shape index (κ3) is 6.09. The Morgan fingerprint density at radius 1 is 0.923 bits per heavy atom. The summed E-state index contributed by atoms with van der Waals surface area (Å²) in [5.74, 6) is -4.10. The molecule has 3 amide bonds. The van der Waals surface area contributed by atoms with Crippen LogP contribution < -0.4 is 16.0 Å². The van der Waals surface area contributed by atoms with E-state index in [1.165, 1.54) is 0 Å². The highest BCUT2D eigenvalue weighted by Crippen LogP contribution is 2.13. The summed E-state index contributed by atoms with van der Waals surface area (Å²) in [4.78, 5) is 35.9. The first-order chi connectivity index (χ1) is 12.1.